The van der Waals surface area contributed by atoms with E-state index in [1.165, 1.54) is 22.3 Å². The van der Waals surface area contributed by atoms with Crippen LogP contribution in [-0.2, 0) is 0 Å². The van der Waals surface area contributed by atoms with Gasteiger partial charge in [0.05, 0.1) is 0 Å². The van der Waals surface area contributed by atoms with Crippen LogP contribution < -0.4 is 0 Å². The summed E-state index contributed by atoms with van der Waals surface area (Å²) < 4.78 is 0. The van der Waals surface area contributed by atoms with Crippen LogP contribution in [0.3, 0.4) is 0 Å². The molecule has 20 heavy (non-hydrogen) atoms. The van der Waals surface area contributed by atoms with Crippen molar-refractivity contribution in [2.75, 3.05) is 0 Å². The topological polar surface area (TPSA) is 0 Å². The van der Waals surface area contributed by atoms with Gasteiger partial charge in [-0.15, -0.1) is 0 Å². The van der Waals surface area contributed by atoms with Crippen molar-refractivity contribution in [1.29, 1.82) is 0 Å². The van der Waals surface area contributed by atoms with E-state index in [0.29, 0.717) is 5.92 Å². The molecule has 106 valence electrons. The Morgan fingerprint density at radius 1 is 0.600 bits per heavy atom. The van der Waals surface area contributed by atoms with Crippen LogP contribution in [0.25, 0.3) is 12.2 Å². The predicted octanol–water partition coefficient (Wildman–Crippen LogP) is 6.37. The van der Waals surface area contributed by atoms with Crippen molar-refractivity contribution in [3.8, 4) is 0 Å². The molecule has 0 aromatic heterocycles. The Labute approximate surface area is 124 Å². The molecule has 0 N–H and O–H groups in total. The average Bonchev–Trinajstić information content (AvgIpc) is 2.70. The zero-order chi connectivity index (χ0) is 15.0. The van der Waals surface area contributed by atoms with Gasteiger partial charge in [0.15, 0.2) is 0 Å². The molecule has 0 heteroatoms. The average molecular weight is 266 g/mol. The summed E-state index contributed by atoms with van der Waals surface area (Å²) >= 11 is 0. The number of fused-ring (bicyclic) bond motifs is 2. The van der Waals surface area contributed by atoms with Crippen LogP contribution in [0.4, 0.5) is 0 Å². The second kappa shape index (κ2) is 8.37. The maximum atomic E-state index is 2.28. The van der Waals surface area contributed by atoms with E-state index in [1.807, 2.05) is 27.7 Å². The highest BCUT2D eigenvalue weighted by atomic mass is 14.2. The fraction of sp³-hybridized carbons (Fsp3) is 0.300. The lowest BCUT2D eigenvalue weighted by Crippen LogP contribution is -1.98. The van der Waals surface area contributed by atoms with Crippen LogP contribution in [0, 0.1) is 0 Å². The number of benzene rings is 2. The van der Waals surface area contributed by atoms with Crippen molar-refractivity contribution < 1.29 is 0 Å². The van der Waals surface area contributed by atoms with Gasteiger partial charge < -0.3 is 0 Å². The number of hydrogen-bond acceptors (Lipinski definition) is 0. The Balaban J connectivity index is 0.000000461. The lowest BCUT2D eigenvalue weighted by molar-refractivity contribution is 0.919. The molecule has 0 heterocycles. The van der Waals surface area contributed by atoms with Crippen molar-refractivity contribution in [1.82, 2.24) is 0 Å². The SMILES string of the molecule is CC.CC.CC1c2ccccc2C=Cc2ccccc21. The number of hydrogen-bond donors (Lipinski definition) is 0. The molecule has 0 fully saturated rings. The van der Waals surface area contributed by atoms with Crippen molar-refractivity contribution in [3.63, 3.8) is 0 Å². The minimum absolute atomic E-state index is 0.474. The molecule has 0 spiro atoms. The van der Waals surface area contributed by atoms with Crippen molar-refractivity contribution in [2.45, 2.75) is 40.5 Å². The molecule has 3 rings (SSSR count). The second-order valence-electron chi connectivity index (χ2n) is 4.31. The molecule has 0 atom stereocenters. The Morgan fingerprint density at radius 2 is 0.950 bits per heavy atom. The Bertz CT molecular complexity index is 500. The van der Waals surface area contributed by atoms with Gasteiger partial charge in [0, 0.05) is 5.92 Å². The normalized spacial score (nSPS) is 11.8. The molecule has 0 nitrogen and oxygen atoms in total. The highest BCUT2D eigenvalue weighted by Crippen LogP contribution is 2.33. The van der Waals surface area contributed by atoms with E-state index in [9.17, 15) is 0 Å². The maximum absolute atomic E-state index is 2.28. The van der Waals surface area contributed by atoms with Gasteiger partial charge in [-0.2, -0.15) is 0 Å². The van der Waals surface area contributed by atoms with Gasteiger partial charge >= 0.3 is 0 Å². The van der Waals surface area contributed by atoms with Crippen molar-refractivity contribution in [3.05, 3.63) is 70.8 Å². The van der Waals surface area contributed by atoms with Crippen LogP contribution in [0.15, 0.2) is 48.5 Å². The van der Waals surface area contributed by atoms with E-state index in [-0.39, 0.29) is 0 Å². The van der Waals surface area contributed by atoms with Gasteiger partial charge in [-0.25, -0.2) is 0 Å². The van der Waals surface area contributed by atoms with Crippen LogP contribution in [0.1, 0.15) is 62.8 Å². The van der Waals surface area contributed by atoms with E-state index in [4.69, 9.17) is 0 Å². The van der Waals surface area contributed by atoms with Crippen LogP contribution in [0.2, 0.25) is 0 Å². The Kier molecular flexibility index (Phi) is 6.79. The van der Waals surface area contributed by atoms with Gasteiger partial charge in [0.1, 0.15) is 0 Å². The first-order chi connectivity index (χ1) is 9.86. The molecule has 0 bridgehead atoms. The molecule has 0 amide bonds. The molecule has 0 saturated carbocycles. The molecule has 0 radical (unpaired) electrons. The predicted molar refractivity (Wildman–Crippen MR) is 92.0 cm³/mol. The maximum Gasteiger partial charge on any atom is 0.00728 e. The molecular formula is C20H26. The zero-order valence-electron chi connectivity index (χ0n) is 13.4. The van der Waals surface area contributed by atoms with E-state index >= 15 is 0 Å². The van der Waals surface area contributed by atoms with Crippen LogP contribution in [0.5, 0.6) is 0 Å². The summed E-state index contributed by atoms with van der Waals surface area (Å²) in [6.07, 6.45) is 4.44. The fourth-order valence-corrected chi connectivity index (χ4v) is 2.46. The minimum atomic E-state index is 0.474. The molecule has 2 aromatic carbocycles. The van der Waals surface area contributed by atoms with Gasteiger partial charge in [-0.3, -0.25) is 0 Å². The standard InChI is InChI=1S/C16H14.2C2H6/c1-12-15-8-4-2-6-13(15)10-11-14-7-3-5-9-16(12)14;2*1-2/h2-12H,1H3;2*1-2H3. The minimum Gasteiger partial charge on any atom is -0.0683 e. The summed E-state index contributed by atoms with van der Waals surface area (Å²) in [6.45, 7) is 10.3. The largest absolute Gasteiger partial charge is 0.0683 e. The molecule has 1 aliphatic carbocycles. The smallest absolute Gasteiger partial charge is 0.00728 e. The monoisotopic (exact) mass is 266 g/mol. The highest BCUT2D eigenvalue weighted by Gasteiger charge is 2.15. The third-order valence-electron chi connectivity index (χ3n) is 3.37. The van der Waals surface area contributed by atoms with Gasteiger partial charge in [-0.05, 0) is 22.3 Å². The van der Waals surface area contributed by atoms with Gasteiger partial charge in [0.2, 0.25) is 0 Å². The summed E-state index contributed by atoms with van der Waals surface area (Å²) in [4.78, 5) is 0. The van der Waals surface area contributed by atoms with Crippen LogP contribution in [-0.4, -0.2) is 0 Å². The lowest BCUT2D eigenvalue weighted by atomic mass is 9.89. The van der Waals surface area contributed by atoms with Gasteiger partial charge in [0.25, 0.3) is 0 Å². The van der Waals surface area contributed by atoms with E-state index < -0.39 is 0 Å². The van der Waals surface area contributed by atoms with E-state index in [0.717, 1.165) is 0 Å². The third kappa shape index (κ3) is 3.39. The van der Waals surface area contributed by atoms with Gasteiger partial charge in [-0.1, -0.05) is 95.3 Å². The quantitative estimate of drug-likeness (QED) is 0.519. The first-order valence-electron chi connectivity index (χ1n) is 7.72. The highest BCUT2D eigenvalue weighted by molar-refractivity contribution is 5.76. The summed E-state index contributed by atoms with van der Waals surface area (Å²) in [5.41, 5.74) is 5.52. The first-order valence-corrected chi connectivity index (χ1v) is 7.72. The Morgan fingerprint density at radius 3 is 1.35 bits per heavy atom. The van der Waals surface area contributed by atoms with Crippen molar-refractivity contribution in [2.24, 2.45) is 0 Å². The molecular weight excluding hydrogens is 240 g/mol. The van der Waals surface area contributed by atoms with E-state index in [1.54, 1.807) is 0 Å². The number of rotatable bonds is 0. The molecule has 2 aromatic rings. The summed E-state index contributed by atoms with van der Waals surface area (Å²) in [7, 11) is 0. The summed E-state index contributed by atoms with van der Waals surface area (Å²) in [6, 6.07) is 17.3. The lowest BCUT2D eigenvalue weighted by Gasteiger charge is -2.14. The fourth-order valence-electron chi connectivity index (χ4n) is 2.46. The van der Waals surface area contributed by atoms with Crippen LogP contribution >= 0.6 is 0 Å². The summed E-state index contributed by atoms with van der Waals surface area (Å²) in [5, 5.41) is 0. The second-order valence-corrected chi connectivity index (χ2v) is 4.31. The summed E-state index contributed by atoms with van der Waals surface area (Å²) in [5.74, 6) is 0.474. The third-order valence-corrected chi connectivity index (χ3v) is 3.37. The Hall–Kier alpha value is -1.82. The zero-order valence-corrected chi connectivity index (χ0v) is 13.4. The van der Waals surface area contributed by atoms with E-state index in [2.05, 4.69) is 67.6 Å². The molecule has 0 unspecified atom stereocenters. The first kappa shape index (κ1) is 16.2. The molecule has 0 saturated heterocycles. The molecule has 0 aliphatic heterocycles. The van der Waals surface area contributed by atoms with Crippen molar-refractivity contribution >= 4 is 12.2 Å². The molecule has 1 aliphatic rings.